The highest BCUT2D eigenvalue weighted by atomic mass is 32.2. The molecule has 0 aliphatic carbocycles. The summed E-state index contributed by atoms with van der Waals surface area (Å²) in [6.45, 7) is 0.949. The van der Waals surface area contributed by atoms with E-state index >= 15 is 0 Å². The third-order valence-electron chi connectivity index (χ3n) is 5.05. The first-order chi connectivity index (χ1) is 14.3. The number of benzene rings is 2. The number of ether oxygens (including phenoxy) is 1. The summed E-state index contributed by atoms with van der Waals surface area (Å²) in [6.07, 6.45) is 3.67. The van der Waals surface area contributed by atoms with Crippen LogP contribution in [-0.4, -0.2) is 44.7 Å². The van der Waals surface area contributed by atoms with Crippen molar-refractivity contribution >= 4 is 27.5 Å². The molecular weight excluding hydrogens is 406 g/mol. The first-order valence-electron chi connectivity index (χ1n) is 9.72. The Hall–Kier alpha value is -2.91. The van der Waals surface area contributed by atoms with Gasteiger partial charge in [-0.1, -0.05) is 12.8 Å². The van der Waals surface area contributed by atoms with E-state index < -0.39 is 21.8 Å². The zero-order chi connectivity index (χ0) is 21.7. The van der Waals surface area contributed by atoms with Crippen molar-refractivity contribution in [3.8, 4) is 5.75 Å². The molecule has 3 rings (SSSR count). The summed E-state index contributed by atoms with van der Waals surface area (Å²) in [5.74, 6) is -0.830. The van der Waals surface area contributed by atoms with E-state index in [1.165, 1.54) is 41.7 Å². The minimum atomic E-state index is -3.71. The number of rotatable bonds is 6. The number of primary amides is 1. The molecule has 0 unspecified atom stereocenters. The molecule has 0 saturated carbocycles. The van der Waals surface area contributed by atoms with Gasteiger partial charge in [0.1, 0.15) is 5.75 Å². The molecule has 1 aliphatic rings. The van der Waals surface area contributed by atoms with Gasteiger partial charge in [0, 0.05) is 24.3 Å². The first-order valence-corrected chi connectivity index (χ1v) is 11.2. The number of sulfonamides is 1. The third-order valence-corrected chi connectivity index (χ3v) is 6.94. The van der Waals surface area contributed by atoms with Crippen molar-refractivity contribution in [2.24, 2.45) is 5.73 Å². The van der Waals surface area contributed by atoms with Gasteiger partial charge in [0.2, 0.25) is 15.9 Å². The summed E-state index contributed by atoms with van der Waals surface area (Å²) in [5.41, 5.74) is 6.08. The van der Waals surface area contributed by atoms with Gasteiger partial charge in [-0.2, -0.15) is 4.31 Å². The molecule has 9 heteroatoms. The second-order valence-corrected chi connectivity index (χ2v) is 9.01. The lowest BCUT2D eigenvalue weighted by molar-refractivity contribution is 0.0998. The number of nitrogens with two attached hydrogens (primary N) is 1. The minimum absolute atomic E-state index is 0.0550. The highest BCUT2D eigenvalue weighted by Gasteiger charge is 2.27. The number of carbonyl (C=O) groups excluding carboxylic acids is 2. The summed E-state index contributed by atoms with van der Waals surface area (Å²) < 4.78 is 32.9. The van der Waals surface area contributed by atoms with Crippen LogP contribution in [0.1, 0.15) is 46.4 Å². The van der Waals surface area contributed by atoms with Crippen molar-refractivity contribution < 1.29 is 22.7 Å². The zero-order valence-corrected chi connectivity index (χ0v) is 17.6. The summed E-state index contributed by atoms with van der Waals surface area (Å²) in [5, 5.41) is 2.69. The minimum Gasteiger partial charge on any atom is -0.496 e. The molecule has 0 spiro atoms. The van der Waals surface area contributed by atoms with Crippen LogP contribution >= 0.6 is 0 Å². The fourth-order valence-corrected chi connectivity index (χ4v) is 4.92. The normalized spacial score (nSPS) is 15.2. The standard InChI is InChI=1S/C21H25N3O5S/c1-29-19-11-10-17(30(27,28)24-12-4-2-3-5-13-24)14-18(19)21(26)23-16-8-6-15(7-9-16)20(22)25/h6-11,14H,2-5,12-13H2,1H3,(H2,22,25)(H,23,26). The smallest absolute Gasteiger partial charge is 0.259 e. The van der Waals surface area contributed by atoms with Gasteiger partial charge >= 0.3 is 0 Å². The molecular formula is C21H25N3O5S. The van der Waals surface area contributed by atoms with Gasteiger partial charge in [-0.3, -0.25) is 9.59 Å². The lowest BCUT2D eigenvalue weighted by atomic mass is 10.1. The summed E-state index contributed by atoms with van der Waals surface area (Å²) in [7, 11) is -2.29. The van der Waals surface area contributed by atoms with E-state index in [4.69, 9.17) is 10.5 Å². The van der Waals surface area contributed by atoms with E-state index in [9.17, 15) is 18.0 Å². The topological polar surface area (TPSA) is 119 Å². The van der Waals surface area contributed by atoms with E-state index in [2.05, 4.69) is 5.32 Å². The Bertz CT molecular complexity index is 1030. The molecule has 2 amide bonds. The number of amides is 2. The van der Waals surface area contributed by atoms with Crippen LogP contribution in [0.2, 0.25) is 0 Å². The number of hydrogen-bond acceptors (Lipinski definition) is 5. The number of methoxy groups -OCH3 is 1. The summed E-state index contributed by atoms with van der Waals surface area (Å²) >= 11 is 0. The largest absolute Gasteiger partial charge is 0.496 e. The van der Waals surface area contributed by atoms with Crippen LogP contribution in [0.4, 0.5) is 5.69 Å². The molecule has 8 nitrogen and oxygen atoms in total. The van der Waals surface area contributed by atoms with Crippen molar-refractivity contribution in [3.05, 3.63) is 53.6 Å². The van der Waals surface area contributed by atoms with Crippen LogP contribution in [-0.2, 0) is 10.0 Å². The van der Waals surface area contributed by atoms with Crippen molar-refractivity contribution in [1.29, 1.82) is 0 Å². The Labute approximate surface area is 176 Å². The maximum Gasteiger partial charge on any atom is 0.259 e. The molecule has 0 bridgehead atoms. The summed E-state index contributed by atoms with van der Waals surface area (Å²) in [6, 6.07) is 10.4. The number of nitrogens with zero attached hydrogens (tertiary/aromatic N) is 1. The molecule has 160 valence electrons. The number of nitrogens with one attached hydrogen (secondary N) is 1. The van der Waals surface area contributed by atoms with Gasteiger partial charge < -0.3 is 15.8 Å². The average molecular weight is 432 g/mol. The zero-order valence-electron chi connectivity index (χ0n) is 16.8. The van der Waals surface area contributed by atoms with E-state index in [0.29, 0.717) is 24.3 Å². The Kier molecular flexibility index (Phi) is 6.73. The molecule has 3 N–H and O–H groups in total. The Morgan fingerprint density at radius 1 is 1.00 bits per heavy atom. The van der Waals surface area contributed by atoms with Crippen LogP contribution in [0.3, 0.4) is 0 Å². The average Bonchev–Trinajstić information content (AvgIpc) is 3.03. The van der Waals surface area contributed by atoms with Gasteiger partial charge in [-0.15, -0.1) is 0 Å². The monoisotopic (exact) mass is 431 g/mol. The molecule has 1 saturated heterocycles. The SMILES string of the molecule is COc1ccc(S(=O)(=O)N2CCCCCC2)cc1C(=O)Nc1ccc(C(N)=O)cc1. The molecule has 2 aromatic rings. The van der Waals surface area contributed by atoms with Gasteiger partial charge in [-0.05, 0) is 55.3 Å². The Morgan fingerprint density at radius 3 is 2.20 bits per heavy atom. The van der Waals surface area contributed by atoms with E-state index in [1.807, 2.05) is 0 Å². The van der Waals surface area contributed by atoms with Crippen molar-refractivity contribution in [2.45, 2.75) is 30.6 Å². The van der Waals surface area contributed by atoms with Crippen LogP contribution in [0.25, 0.3) is 0 Å². The highest BCUT2D eigenvalue weighted by molar-refractivity contribution is 7.89. The highest BCUT2D eigenvalue weighted by Crippen LogP contribution is 2.27. The molecule has 2 aromatic carbocycles. The van der Waals surface area contributed by atoms with Crippen molar-refractivity contribution in [1.82, 2.24) is 4.31 Å². The van der Waals surface area contributed by atoms with Crippen LogP contribution in [0.15, 0.2) is 47.4 Å². The van der Waals surface area contributed by atoms with Gasteiger partial charge in [0.25, 0.3) is 5.91 Å². The second-order valence-electron chi connectivity index (χ2n) is 7.08. The predicted octanol–water partition coefficient (Wildman–Crippen LogP) is 2.61. The summed E-state index contributed by atoms with van der Waals surface area (Å²) in [4.78, 5) is 24.1. The second kappa shape index (κ2) is 9.27. The van der Waals surface area contributed by atoms with E-state index in [-0.39, 0.29) is 16.2 Å². The lowest BCUT2D eigenvalue weighted by Gasteiger charge is -2.20. The molecule has 0 aromatic heterocycles. The van der Waals surface area contributed by atoms with Crippen molar-refractivity contribution in [3.63, 3.8) is 0 Å². The van der Waals surface area contributed by atoms with E-state index in [1.54, 1.807) is 12.1 Å². The van der Waals surface area contributed by atoms with Gasteiger partial charge in [0.05, 0.1) is 17.6 Å². The van der Waals surface area contributed by atoms with Crippen molar-refractivity contribution in [2.75, 3.05) is 25.5 Å². The maximum absolute atomic E-state index is 13.1. The molecule has 0 atom stereocenters. The molecule has 1 fully saturated rings. The number of anilines is 1. The molecule has 30 heavy (non-hydrogen) atoms. The number of carbonyl (C=O) groups is 2. The lowest BCUT2D eigenvalue weighted by Crippen LogP contribution is -2.32. The Balaban J connectivity index is 1.88. The van der Waals surface area contributed by atoms with Gasteiger partial charge in [-0.25, -0.2) is 8.42 Å². The quantitative estimate of drug-likeness (QED) is 0.729. The fourth-order valence-electron chi connectivity index (χ4n) is 3.37. The molecule has 1 heterocycles. The van der Waals surface area contributed by atoms with Crippen LogP contribution in [0.5, 0.6) is 5.75 Å². The van der Waals surface area contributed by atoms with E-state index in [0.717, 1.165) is 25.7 Å². The maximum atomic E-state index is 13.1. The predicted molar refractivity (Wildman–Crippen MR) is 113 cm³/mol. The fraction of sp³-hybridized carbons (Fsp3) is 0.333. The third kappa shape index (κ3) is 4.80. The number of hydrogen-bond donors (Lipinski definition) is 2. The Morgan fingerprint density at radius 2 is 1.63 bits per heavy atom. The van der Waals surface area contributed by atoms with Gasteiger partial charge in [0.15, 0.2) is 0 Å². The first kappa shape index (κ1) is 21.8. The van der Waals surface area contributed by atoms with Crippen LogP contribution < -0.4 is 15.8 Å². The molecule has 0 radical (unpaired) electrons. The molecule has 1 aliphatic heterocycles. The van der Waals surface area contributed by atoms with Crippen LogP contribution in [0, 0.1) is 0 Å².